The van der Waals surface area contributed by atoms with Crippen molar-refractivity contribution in [3.8, 4) is 5.75 Å². The fourth-order valence-corrected chi connectivity index (χ4v) is 3.06. The largest absolute Gasteiger partial charge is 0.481 e. The van der Waals surface area contributed by atoms with Gasteiger partial charge in [-0.15, -0.1) is 11.3 Å². The Morgan fingerprint density at radius 1 is 1.32 bits per heavy atom. The average Bonchev–Trinajstić information content (AvgIpc) is 2.76. The number of ether oxygens (including phenoxy) is 1. The van der Waals surface area contributed by atoms with Crippen LogP contribution >= 0.6 is 50.5 Å². The van der Waals surface area contributed by atoms with Crippen molar-refractivity contribution in [1.29, 1.82) is 0 Å². The van der Waals surface area contributed by atoms with Crippen molar-refractivity contribution in [3.63, 3.8) is 0 Å². The summed E-state index contributed by atoms with van der Waals surface area (Å²) < 4.78 is 6.41. The summed E-state index contributed by atoms with van der Waals surface area (Å²) in [6.45, 7) is 0.231. The second-order valence-electron chi connectivity index (χ2n) is 3.49. The topological polar surface area (TPSA) is 52.4 Å². The summed E-state index contributed by atoms with van der Waals surface area (Å²) in [6, 6.07) is 6.29. The van der Waals surface area contributed by atoms with Gasteiger partial charge in [-0.05, 0) is 28.1 Å². The molecule has 0 radical (unpaired) electrons. The molecule has 1 aromatic heterocycles. The van der Waals surface area contributed by atoms with Crippen LogP contribution in [-0.4, -0.2) is 4.92 Å². The highest BCUT2D eigenvalue weighted by molar-refractivity contribution is 9.11. The van der Waals surface area contributed by atoms with Crippen LogP contribution in [0.15, 0.2) is 28.1 Å². The van der Waals surface area contributed by atoms with Crippen LogP contribution in [0.3, 0.4) is 0 Å². The van der Waals surface area contributed by atoms with Gasteiger partial charge in [-0.1, -0.05) is 23.2 Å². The minimum atomic E-state index is -0.554. The molecule has 0 N–H and O–H groups in total. The maximum Gasteiger partial charge on any atom is 0.312 e. The number of nitro benzene ring substituents is 1. The lowest BCUT2D eigenvalue weighted by molar-refractivity contribution is -0.385. The number of hydrogen-bond donors (Lipinski definition) is 0. The summed E-state index contributed by atoms with van der Waals surface area (Å²) >= 11 is 16.4. The van der Waals surface area contributed by atoms with E-state index in [2.05, 4.69) is 15.9 Å². The Balaban J connectivity index is 2.23. The van der Waals surface area contributed by atoms with Crippen LogP contribution in [-0.2, 0) is 6.61 Å². The predicted octanol–water partition coefficient (Wildman–Crippen LogP) is 5.30. The van der Waals surface area contributed by atoms with Crippen molar-refractivity contribution in [2.75, 3.05) is 0 Å². The number of nitrogens with zero attached hydrogens (tertiary/aromatic N) is 1. The SMILES string of the molecule is O=[N+]([O-])c1cc(Cl)c(Cl)cc1OCc1ccc(Br)s1. The summed E-state index contributed by atoms with van der Waals surface area (Å²) in [4.78, 5) is 11.3. The van der Waals surface area contributed by atoms with E-state index in [-0.39, 0.29) is 28.1 Å². The van der Waals surface area contributed by atoms with Crippen molar-refractivity contribution >= 4 is 56.2 Å². The number of rotatable bonds is 4. The van der Waals surface area contributed by atoms with Crippen LogP contribution in [0.1, 0.15) is 4.88 Å². The number of nitro groups is 1. The first kappa shape index (κ1) is 14.6. The van der Waals surface area contributed by atoms with Gasteiger partial charge in [-0.25, -0.2) is 0 Å². The molecule has 4 nitrogen and oxygen atoms in total. The monoisotopic (exact) mass is 381 g/mol. The van der Waals surface area contributed by atoms with Crippen molar-refractivity contribution in [2.45, 2.75) is 6.61 Å². The molecule has 0 saturated carbocycles. The molecule has 0 unspecified atom stereocenters. The maximum atomic E-state index is 10.9. The molecule has 0 spiro atoms. The van der Waals surface area contributed by atoms with Gasteiger partial charge < -0.3 is 4.74 Å². The van der Waals surface area contributed by atoms with Gasteiger partial charge in [0.15, 0.2) is 5.75 Å². The van der Waals surface area contributed by atoms with Crippen molar-refractivity contribution in [3.05, 3.63) is 53.1 Å². The van der Waals surface area contributed by atoms with Gasteiger partial charge in [0.25, 0.3) is 0 Å². The fraction of sp³-hybridized carbons (Fsp3) is 0.0909. The quantitative estimate of drug-likeness (QED) is 0.532. The highest BCUT2D eigenvalue weighted by Crippen LogP contribution is 2.36. The molecule has 8 heteroatoms. The zero-order valence-corrected chi connectivity index (χ0v) is 13.1. The zero-order chi connectivity index (χ0) is 14.0. The van der Waals surface area contributed by atoms with E-state index in [4.69, 9.17) is 27.9 Å². The van der Waals surface area contributed by atoms with Gasteiger partial charge in [-0.3, -0.25) is 10.1 Å². The molecular weight excluding hydrogens is 377 g/mol. The molecule has 0 aliphatic rings. The number of thiophene rings is 1. The maximum absolute atomic E-state index is 10.9. The number of hydrogen-bond acceptors (Lipinski definition) is 4. The molecular formula is C11H6BrCl2NO3S. The van der Waals surface area contributed by atoms with Crippen LogP contribution in [0.4, 0.5) is 5.69 Å². The molecule has 1 aromatic carbocycles. The summed E-state index contributed by atoms with van der Waals surface area (Å²) in [5.74, 6) is 0.101. The van der Waals surface area contributed by atoms with Crippen LogP contribution in [0.5, 0.6) is 5.75 Å². The molecule has 0 saturated heterocycles. The smallest absolute Gasteiger partial charge is 0.312 e. The van der Waals surface area contributed by atoms with E-state index in [0.717, 1.165) is 8.66 Å². The standard InChI is InChI=1S/C11H6BrCl2NO3S/c12-11-2-1-6(19-11)5-18-10-4-8(14)7(13)3-9(10)15(16)17/h1-4H,5H2. The van der Waals surface area contributed by atoms with Crippen LogP contribution in [0, 0.1) is 10.1 Å². The molecule has 0 bridgehead atoms. The lowest BCUT2D eigenvalue weighted by Crippen LogP contribution is -1.98. The van der Waals surface area contributed by atoms with Gasteiger partial charge in [0.1, 0.15) is 6.61 Å². The summed E-state index contributed by atoms with van der Waals surface area (Å²) in [7, 11) is 0. The molecule has 19 heavy (non-hydrogen) atoms. The summed E-state index contributed by atoms with van der Waals surface area (Å²) in [5.41, 5.74) is -0.204. The second-order valence-corrected chi connectivity index (χ2v) is 6.85. The zero-order valence-electron chi connectivity index (χ0n) is 9.23. The van der Waals surface area contributed by atoms with Crippen LogP contribution in [0.2, 0.25) is 10.0 Å². The van der Waals surface area contributed by atoms with Gasteiger partial charge in [-0.2, -0.15) is 0 Å². The second kappa shape index (κ2) is 6.09. The molecule has 0 aliphatic heterocycles. The minimum absolute atomic E-state index is 0.101. The highest BCUT2D eigenvalue weighted by Gasteiger charge is 2.18. The lowest BCUT2D eigenvalue weighted by Gasteiger charge is -2.06. The summed E-state index contributed by atoms with van der Waals surface area (Å²) in [6.07, 6.45) is 0. The van der Waals surface area contributed by atoms with E-state index in [1.165, 1.54) is 23.5 Å². The Bertz CT molecular complexity index is 632. The van der Waals surface area contributed by atoms with Gasteiger partial charge in [0.2, 0.25) is 0 Å². The molecule has 0 atom stereocenters. The van der Waals surface area contributed by atoms with E-state index in [1.807, 2.05) is 12.1 Å². The third kappa shape index (κ3) is 3.60. The first-order chi connectivity index (χ1) is 8.97. The minimum Gasteiger partial charge on any atom is -0.481 e. The van der Waals surface area contributed by atoms with Crippen LogP contribution in [0.25, 0.3) is 0 Å². The summed E-state index contributed by atoms with van der Waals surface area (Å²) in [5, 5.41) is 11.3. The van der Waals surface area contributed by atoms with Gasteiger partial charge in [0.05, 0.1) is 18.8 Å². The molecule has 1 heterocycles. The van der Waals surface area contributed by atoms with E-state index in [0.29, 0.717) is 0 Å². The first-order valence-corrected chi connectivity index (χ1v) is 7.34. The van der Waals surface area contributed by atoms with Crippen LogP contribution < -0.4 is 4.74 Å². The molecule has 2 aromatic rings. The molecule has 0 amide bonds. The van der Waals surface area contributed by atoms with E-state index < -0.39 is 4.92 Å². The Morgan fingerprint density at radius 3 is 2.58 bits per heavy atom. The molecule has 2 rings (SSSR count). The Labute approximate surface area is 131 Å². The van der Waals surface area contributed by atoms with E-state index >= 15 is 0 Å². The highest BCUT2D eigenvalue weighted by atomic mass is 79.9. The van der Waals surface area contributed by atoms with Gasteiger partial charge >= 0.3 is 5.69 Å². The fourth-order valence-electron chi connectivity index (χ4n) is 1.35. The Morgan fingerprint density at radius 2 is 2.00 bits per heavy atom. The Hall–Kier alpha value is -0.820. The number of halogens is 3. The molecule has 0 aliphatic carbocycles. The van der Waals surface area contributed by atoms with Crippen molar-refractivity contribution in [1.82, 2.24) is 0 Å². The molecule has 100 valence electrons. The Kier molecular flexibility index (Phi) is 4.67. The third-order valence-electron chi connectivity index (χ3n) is 2.20. The first-order valence-electron chi connectivity index (χ1n) is 4.98. The van der Waals surface area contributed by atoms with Crippen molar-refractivity contribution < 1.29 is 9.66 Å². The third-order valence-corrected chi connectivity index (χ3v) is 4.52. The normalized spacial score (nSPS) is 10.5. The van der Waals surface area contributed by atoms with Crippen molar-refractivity contribution in [2.24, 2.45) is 0 Å². The average molecular weight is 383 g/mol. The predicted molar refractivity (Wildman–Crippen MR) is 79.5 cm³/mol. The lowest BCUT2D eigenvalue weighted by atomic mass is 10.3. The van der Waals surface area contributed by atoms with Gasteiger partial charge in [0, 0.05) is 17.0 Å². The number of benzene rings is 1. The van der Waals surface area contributed by atoms with E-state index in [1.54, 1.807) is 0 Å². The van der Waals surface area contributed by atoms with E-state index in [9.17, 15) is 10.1 Å². The molecule has 0 fully saturated rings.